The Morgan fingerprint density at radius 3 is 2.33 bits per heavy atom. The highest BCUT2D eigenvalue weighted by molar-refractivity contribution is 7.89. The van der Waals surface area contributed by atoms with Gasteiger partial charge in [0.05, 0.1) is 30.1 Å². The first-order valence-corrected chi connectivity index (χ1v) is 15.3. The van der Waals surface area contributed by atoms with Crippen LogP contribution in [0.1, 0.15) is 35.9 Å². The van der Waals surface area contributed by atoms with E-state index in [-0.39, 0.29) is 23.8 Å². The maximum absolute atomic E-state index is 14.1. The van der Waals surface area contributed by atoms with E-state index in [1.165, 1.54) is 0 Å². The molecule has 3 aliphatic rings. The van der Waals surface area contributed by atoms with Crippen molar-refractivity contribution < 1.29 is 17.9 Å². The van der Waals surface area contributed by atoms with E-state index in [0.29, 0.717) is 44.3 Å². The van der Waals surface area contributed by atoms with Crippen LogP contribution < -0.4 is 5.32 Å². The molecule has 7 nitrogen and oxygen atoms in total. The number of carbonyl (C=O) groups is 1. The highest BCUT2D eigenvalue weighted by Gasteiger charge is 2.40. The SMILES string of the molecule is O=C(C1CNC[C@H]1c1ccccc1-c1ccc(S(=O)(=O)N2CCCC2)cc1)N1CCOC[C@@H]1c1ccccc1. The standard InChI is InChI=1S/C31H35N3O4S/c35-31(34-18-19-38-22-30(34)24-8-2-1-3-9-24)29-21-32-20-28(29)27-11-5-4-10-26(27)23-12-14-25(15-13-23)39(36,37)33-16-6-7-17-33/h1-5,8-15,28-30,32H,6-7,16-22H2/t28-,29?,30+/m0/s1. The molecular weight excluding hydrogens is 510 g/mol. The van der Waals surface area contributed by atoms with Gasteiger partial charge in [-0.05, 0) is 47.2 Å². The second-order valence-corrected chi connectivity index (χ2v) is 12.6. The molecule has 1 N–H and O–H groups in total. The molecule has 3 fully saturated rings. The Labute approximate surface area is 230 Å². The summed E-state index contributed by atoms with van der Waals surface area (Å²) < 4.78 is 33.4. The predicted octanol–water partition coefficient (Wildman–Crippen LogP) is 4.04. The average molecular weight is 546 g/mol. The van der Waals surface area contributed by atoms with Crippen molar-refractivity contribution in [2.75, 3.05) is 45.9 Å². The number of nitrogens with zero attached hydrogens (tertiary/aromatic N) is 2. The quantitative estimate of drug-likeness (QED) is 0.506. The summed E-state index contributed by atoms with van der Waals surface area (Å²) in [5.74, 6) is -0.0183. The normalized spacial score (nSPS) is 24.2. The maximum Gasteiger partial charge on any atom is 0.243 e. The molecular formula is C31H35N3O4S. The predicted molar refractivity (Wildman–Crippen MR) is 151 cm³/mol. The lowest BCUT2D eigenvalue weighted by atomic mass is 9.83. The van der Waals surface area contributed by atoms with Crippen molar-refractivity contribution in [3.63, 3.8) is 0 Å². The van der Waals surface area contributed by atoms with Gasteiger partial charge >= 0.3 is 0 Å². The maximum atomic E-state index is 14.1. The van der Waals surface area contributed by atoms with Gasteiger partial charge in [0, 0.05) is 38.6 Å². The lowest BCUT2D eigenvalue weighted by molar-refractivity contribution is -0.144. The highest BCUT2D eigenvalue weighted by atomic mass is 32.2. The molecule has 3 heterocycles. The second kappa shape index (κ2) is 11.2. The molecule has 3 atom stereocenters. The number of nitrogens with one attached hydrogen (secondary N) is 1. The molecule has 0 aromatic heterocycles. The lowest BCUT2D eigenvalue weighted by Gasteiger charge is -2.38. The van der Waals surface area contributed by atoms with E-state index in [1.807, 2.05) is 47.4 Å². The molecule has 6 rings (SSSR count). The smallest absolute Gasteiger partial charge is 0.243 e. The van der Waals surface area contributed by atoms with Crippen LogP contribution in [-0.2, 0) is 19.6 Å². The van der Waals surface area contributed by atoms with Gasteiger partial charge in [0.1, 0.15) is 0 Å². The summed E-state index contributed by atoms with van der Waals surface area (Å²) in [6.45, 7) is 4.15. The van der Waals surface area contributed by atoms with Crippen LogP contribution in [0.4, 0.5) is 0 Å². The zero-order chi connectivity index (χ0) is 26.8. The van der Waals surface area contributed by atoms with E-state index in [0.717, 1.165) is 41.6 Å². The van der Waals surface area contributed by atoms with Crippen molar-refractivity contribution >= 4 is 15.9 Å². The van der Waals surface area contributed by atoms with Gasteiger partial charge in [0.15, 0.2) is 0 Å². The fourth-order valence-electron chi connectivity index (χ4n) is 6.26. The van der Waals surface area contributed by atoms with Crippen molar-refractivity contribution in [1.82, 2.24) is 14.5 Å². The molecule has 204 valence electrons. The van der Waals surface area contributed by atoms with Crippen LogP contribution in [-0.4, -0.2) is 69.5 Å². The number of sulfonamides is 1. The molecule has 0 spiro atoms. The molecule has 1 amide bonds. The van der Waals surface area contributed by atoms with Crippen LogP contribution in [0.15, 0.2) is 83.8 Å². The molecule has 0 aliphatic carbocycles. The van der Waals surface area contributed by atoms with E-state index in [4.69, 9.17) is 4.74 Å². The van der Waals surface area contributed by atoms with Crippen LogP contribution in [0, 0.1) is 5.92 Å². The Morgan fingerprint density at radius 1 is 0.846 bits per heavy atom. The Bertz CT molecular complexity index is 1410. The summed E-state index contributed by atoms with van der Waals surface area (Å²) >= 11 is 0. The van der Waals surface area contributed by atoms with E-state index >= 15 is 0 Å². The summed E-state index contributed by atoms with van der Waals surface area (Å²) in [5, 5.41) is 3.47. The van der Waals surface area contributed by atoms with Crippen LogP contribution in [0.5, 0.6) is 0 Å². The fourth-order valence-corrected chi connectivity index (χ4v) is 7.78. The number of rotatable bonds is 6. The van der Waals surface area contributed by atoms with Crippen molar-refractivity contribution in [1.29, 1.82) is 0 Å². The van der Waals surface area contributed by atoms with Gasteiger partial charge < -0.3 is 15.0 Å². The van der Waals surface area contributed by atoms with Crippen molar-refractivity contribution in [3.05, 3.63) is 90.0 Å². The highest BCUT2D eigenvalue weighted by Crippen LogP contribution is 2.38. The van der Waals surface area contributed by atoms with Crippen LogP contribution in [0.3, 0.4) is 0 Å². The number of carbonyl (C=O) groups excluding carboxylic acids is 1. The first-order valence-electron chi connectivity index (χ1n) is 13.9. The van der Waals surface area contributed by atoms with Gasteiger partial charge in [-0.25, -0.2) is 8.42 Å². The first-order chi connectivity index (χ1) is 19.0. The molecule has 8 heteroatoms. The molecule has 3 aromatic carbocycles. The lowest BCUT2D eigenvalue weighted by Crippen LogP contribution is -2.47. The second-order valence-electron chi connectivity index (χ2n) is 10.6. The number of hydrogen-bond donors (Lipinski definition) is 1. The monoisotopic (exact) mass is 545 g/mol. The van der Waals surface area contributed by atoms with Crippen molar-refractivity contribution in [2.45, 2.75) is 29.7 Å². The Balaban J connectivity index is 1.27. The Morgan fingerprint density at radius 2 is 1.56 bits per heavy atom. The Kier molecular flexibility index (Phi) is 7.53. The van der Waals surface area contributed by atoms with Crippen LogP contribution in [0.2, 0.25) is 0 Å². The number of hydrogen-bond acceptors (Lipinski definition) is 5. The summed E-state index contributed by atoms with van der Waals surface area (Å²) in [6, 6.07) is 25.5. The van der Waals surface area contributed by atoms with Crippen molar-refractivity contribution in [3.8, 4) is 11.1 Å². The fraction of sp³-hybridized carbons (Fsp3) is 0.387. The molecule has 39 heavy (non-hydrogen) atoms. The summed E-state index contributed by atoms with van der Waals surface area (Å²) in [7, 11) is -3.46. The molecule has 0 bridgehead atoms. The van der Waals surface area contributed by atoms with E-state index < -0.39 is 10.0 Å². The first kappa shape index (κ1) is 26.2. The number of benzene rings is 3. The number of amides is 1. The minimum absolute atomic E-state index is 0.0148. The van der Waals surface area contributed by atoms with Gasteiger partial charge in [0.25, 0.3) is 0 Å². The number of ether oxygens (including phenoxy) is 1. The summed E-state index contributed by atoms with van der Waals surface area (Å²) in [6.07, 6.45) is 1.83. The molecule has 0 saturated carbocycles. The third-order valence-electron chi connectivity index (χ3n) is 8.36. The molecule has 3 saturated heterocycles. The zero-order valence-corrected chi connectivity index (χ0v) is 22.9. The van der Waals surface area contributed by atoms with Gasteiger partial charge in [-0.15, -0.1) is 0 Å². The minimum Gasteiger partial charge on any atom is -0.377 e. The van der Waals surface area contributed by atoms with Gasteiger partial charge in [0.2, 0.25) is 15.9 Å². The van der Waals surface area contributed by atoms with Gasteiger partial charge in [-0.2, -0.15) is 4.31 Å². The summed E-state index contributed by atoms with van der Waals surface area (Å²) in [4.78, 5) is 16.4. The third-order valence-corrected chi connectivity index (χ3v) is 10.3. The van der Waals surface area contributed by atoms with Crippen LogP contribution in [0.25, 0.3) is 11.1 Å². The van der Waals surface area contributed by atoms with Gasteiger partial charge in [-0.1, -0.05) is 66.7 Å². The zero-order valence-electron chi connectivity index (χ0n) is 22.0. The van der Waals surface area contributed by atoms with Crippen LogP contribution >= 0.6 is 0 Å². The number of morpholine rings is 1. The largest absolute Gasteiger partial charge is 0.377 e. The van der Waals surface area contributed by atoms with E-state index in [9.17, 15) is 13.2 Å². The molecule has 1 unspecified atom stereocenters. The molecule has 3 aromatic rings. The van der Waals surface area contributed by atoms with E-state index in [2.05, 4.69) is 29.6 Å². The van der Waals surface area contributed by atoms with E-state index in [1.54, 1.807) is 16.4 Å². The third kappa shape index (κ3) is 5.14. The summed E-state index contributed by atoms with van der Waals surface area (Å²) in [5.41, 5.74) is 4.20. The molecule has 3 aliphatic heterocycles. The molecule has 0 radical (unpaired) electrons. The average Bonchev–Trinajstić information content (AvgIpc) is 3.71. The van der Waals surface area contributed by atoms with Crippen molar-refractivity contribution in [2.24, 2.45) is 5.92 Å². The Hall–Kier alpha value is -3.04. The minimum atomic E-state index is -3.46. The van der Waals surface area contributed by atoms with Gasteiger partial charge in [-0.3, -0.25) is 4.79 Å². The topological polar surface area (TPSA) is 79.0 Å².